The van der Waals surface area contributed by atoms with Crippen molar-refractivity contribution < 1.29 is 79.1 Å². The van der Waals surface area contributed by atoms with Gasteiger partial charge in [0.2, 0.25) is 0 Å². The summed E-state index contributed by atoms with van der Waals surface area (Å²) in [4.78, 5) is -0.278. The minimum absolute atomic E-state index is 0. The molecule has 0 aromatic heterocycles. The fourth-order valence-electron chi connectivity index (χ4n) is 0. The van der Waals surface area contributed by atoms with Crippen LogP contribution in [-0.2, 0) is 79.1 Å². The molecule has 0 saturated carbocycles. The van der Waals surface area contributed by atoms with E-state index in [9.17, 15) is 0 Å². The smallest absolute Gasteiger partial charge is 0 e. The second-order valence-electron chi connectivity index (χ2n) is 0.192. The Morgan fingerprint density at radius 2 is 0.625 bits per heavy atom. The van der Waals surface area contributed by atoms with Gasteiger partial charge in [0.25, 0.3) is 0 Å². The molecule has 0 aliphatic carbocycles. The van der Waals surface area contributed by atoms with E-state index in [1.54, 1.807) is 0 Å². The summed E-state index contributed by atoms with van der Waals surface area (Å²) in [5.41, 5.74) is 0. The Morgan fingerprint density at radius 1 is 0.625 bits per heavy atom. The van der Waals surface area contributed by atoms with Gasteiger partial charge in [-0.2, -0.15) is 0 Å². The maximum absolute atomic E-state index is 2.46. The van der Waals surface area contributed by atoms with Crippen LogP contribution in [0.3, 0.4) is 0 Å². The Hall–Kier alpha value is 5.11. The summed E-state index contributed by atoms with van der Waals surface area (Å²) in [6, 6.07) is 0. The summed E-state index contributed by atoms with van der Waals surface area (Å²) in [5, 5.41) is 0. The van der Waals surface area contributed by atoms with Crippen molar-refractivity contribution in [1.82, 2.24) is 0 Å². The third-order valence-corrected chi connectivity index (χ3v) is 0. The first-order chi connectivity index (χ1) is 1.73. The fraction of sp³-hybridized carbons (Fsp3) is 0. The van der Waals surface area contributed by atoms with Crippen LogP contribution in [0.4, 0.5) is 0 Å². The molecule has 4 radical (unpaired) electrons. The molecular weight excluding hydrogens is 635 g/mol. The molecule has 0 bridgehead atoms. The molecule has 8 heteroatoms. The van der Waals surface area contributed by atoms with E-state index in [-0.39, 0.29) is 79.1 Å². The van der Waals surface area contributed by atoms with Crippen molar-refractivity contribution in [2.75, 3.05) is 0 Å². The molecule has 0 aromatic rings. The summed E-state index contributed by atoms with van der Waals surface area (Å²) >= 11 is 7.39. The van der Waals surface area contributed by atoms with Gasteiger partial charge in [0, 0.05) is 74.2 Å². The maximum Gasteiger partial charge on any atom is 0 e. The van der Waals surface area contributed by atoms with Gasteiger partial charge in [-0.05, 0) is 0 Å². The van der Waals surface area contributed by atoms with Crippen LogP contribution in [0.2, 0.25) is 0 Å². The van der Waals surface area contributed by atoms with Crippen molar-refractivity contribution in [1.29, 1.82) is 0 Å². The summed E-state index contributed by atoms with van der Waals surface area (Å²) in [6.45, 7) is 0. The van der Waals surface area contributed by atoms with Crippen molar-refractivity contribution >= 4 is 59.9 Å². The van der Waals surface area contributed by atoms with Crippen LogP contribution in [0.1, 0.15) is 0 Å². The van der Waals surface area contributed by atoms with Gasteiger partial charge in [-0.3, -0.25) is 0 Å². The largest absolute Gasteiger partial charge is 0 e. The third kappa shape index (κ3) is 43.5. The van der Waals surface area contributed by atoms with Crippen molar-refractivity contribution in [2.45, 2.75) is 0 Å². The zero-order valence-electron chi connectivity index (χ0n) is 3.37. The van der Waals surface area contributed by atoms with Gasteiger partial charge < -0.3 is 0 Å². The fourth-order valence-corrected chi connectivity index (χ4v) is 0. The third-order valence-electron chi connectivity index (χ3n) is 0. The van der Waals surface area contributed by atoms with Crippen LogP contribution in [0.5, 0.6) is 0 Å². The van der Waals surface area contributed by atoms with Crippen LogP contribution in [0.25, 0.3) is 0 Å². The monoisotopic (exact) mass is 635 g/mol. The second-order valence-corrected chi connectivity index (χ2v) is 35.6. The van der Waals surface area contributed by atoms with Crippen molar-refractivity contribution in [2.24, 2.45) is 0 Å². The molecule has 0 nitrogen and oxygen atoms in total. The molecule has 0 atom stereocenters. The van der Waals surface area contributed by atoms with Gasteiger partial charge in [-0.15, -0.1) is 0 Å². The minimum Gasteiger partial charge on any atom is 0 e. The van der Waals surface area contributed by atoms with Crippen LogP contribution in [-0.4, -0.2) is 0 Å². The minimum atomic E-state index is -0.278. The molecule has 0 saturated heterocycles. The standard InChI is InChI=1S/3HI.5V/h3*1H;;;;;/q;;;;;;;+3/p-3. The van der Waals surface area contributed by atoms with Gasteiger partial charge >= 0.3 is 64.9 Å². The molecule has 0 aromatic carbocycles. The van der Waals surface area contributed by atoms with Crippen molar-refractivity contribution in [3.63, 3.8) is 0 Å². The average molecular weight is 635 g/mol. The second kappa shape index (κ2) is 22.7. The Morgan fingerprint density at radius 3 is 0.625 bits per heavy atom. The Bertz CT molecular complexity index is 12.4. The summed E-state index contributed by atoms with van der Waals surface area (Å²) in [6.07, 6.45) is 0. The predicted octanol–water partition coefficient (Wildman–Crippen LogP) is 2.64. The van der Waals surface area contributed by atoms with E-state index in [0.717, 1.165) is 0 Å². The number of hydrogen-bond donors (Lipinski definition) is 0. The Kier molecular flexibility index (Phi) is 83.0. The first kappa shape index (κ1) is 29.2. The summed E-state index contributed by atoms with van der Waals surface area (Å²) < 4.78 is 0. The summed E-state index contributed by atoms with van der Waals surface area (Å²) in [5.74, 6) is 0. The zero-order chi connectivity index (χ0) is 3.58. The van der Waals surface area contributed by atoms with Crippen LogP contribution < -0.4 is 0 Å². The van der Waals surface area contributed by atoms with E-state index in [1.165, 1.54) is 0 Å². The SMILES string of the molecule is [I][V]([I])[I].[V].[V].[V].[V]. The number of hydrogen-bond acceptors (Lipinski definition) is 0. The van der Waals surface area contributed by atoms with Gasteiger partial charge in [0.05, 0.1) is 0 Å². The molecule has 46 valence electrons. The average Bonchev–Trinajstić information content (AvgIpc) is 0.811. The van der Waals surface area contributed by atoms with E-state index >= 15 is 0 Å². The first-order valence-electron chi connectivity index (χ1n) is 0.507. The quantitative estimate of drug-likeness (QED) is 0.360. The molecular formula is I3V5. The van der Waals surface area contributed by atoms with E-state index in [2.05, 4.69) is 59.9 Å². The van der Waals surface area contributed by atoms with Crippen LogP contribution in [0, 0.1) is 0 Å². The molecule has 0 heterocycles. The molecule has 0 spiro atoms. The molecule has 0 aliphatic heterocycles. The molecule has 0 fully saturated rings. The van der Waals surface area contributed by atoms with E-state index in [1.807, 2.05) is 0 Å². The molecule has 0 unspecified atom stereocenters. The molecule has 8 heavy (non-hydrogen) atoms. The van der Waals surface area contributed by atoms with Crippen LogP contribution >= 0.6 is 59.9 Å². The number of rotatable bonds is 0. The van der Waals surface area contributed by atoms with Gasteiger partial charge in [0.1, 0.15) is 0 Å². The Labute approximate surface area is 135 Å². The predicted molar refractivity (Wildman–Crippen MR) is 42.1 cm³/mol. The van der Waals surface area contributed by atoms with Gasteiger partial charge in [-0.1, -0.05) is 0 Å². The molecule has 0 rings (SSSR count). The summed E-state index contributed by atoms with van der Waals surface area (Å²) in [7, 11) is 0. The van der Waals surface area contributed by atoms with E-state index in [0.29, 0.717) is 0 Å². The van der Waals surface area contributed by atoms with Crippen molar-refractivity contribution in [3.8, 4) is 0 Å². The first-order valence-corrected chi connectivity index (χ1v) is 14.0. The van der Waals surface area contributed by atoms with E-state index < -0.39 is 0 Å². The zero-order valence-corrected chi connectivity index (χ0v) is 16.8. The number of halogens is 3. The molecule has 0 amide bonds. The molecule has 0 N–H and O–H groups in total. The van der Waals surface area contributed by atoms with Gasteiger partial charge in [0.15, 0.2) is 0 Å². The Balaban J connectivity index is -0.00000000750. The van der Waals surface area contributed by atoms with E-state index in [4.69, 9.17) is 0 Å². The van der Waals surface area contributed by atoms with Crippen LogP contribution in [0.15, 0.2) is 0 Å². The van der Waals surface area contributed by atoms with Gasteiger partial charge in [-0.25, -0.2) is 0 Å². The molecule has 0 aliphatic rings. The normalized spacial score (nSPS) is 4.50. The maximum atomic E-state index is 2.46. The van der Waals surface area contributed by atoms with Crippen molar-refractivity contribution in [3.05, 3.63) is 0 Å². The topological polar surface area (TPSA) is 0 Å².